The number of hydrogen-bond acceptors (Lipinski definition) is 4. The molecule has 1 fully saturated rings. The zero-order valence-electron chi connectivity index (χ0n) is 8.77. The standard InChI is InChI=1S/C7H16BFNO4P/c1-4-5(9)6(8)14-7(4,2-10)3-13-15(11)12/h4-6,15H,2-3,8,10H2,1H3,(H,11,12)/t4-,5?,6-,7-/m1/s1. The van der Waals surface area contributed by atoms with Gasteiger partial charge in [0.1, 0.15) is 19.6 Å². The fraction of sp³-hybridized carbons (Fsp3) is 1.00. The Morgan fingerprint density at radius 3 is 2.73 bits per heavy atom. The molecule has 5 atom stereocenters. The SMILES string of the molecule is B[C@@H]1O[C@](CN)(CO[PH](=O)O)[C@H](C)C1F. The molecule has 0 aliphatic carbocycles. The van der Waals surface area contributed by atoms with E-state index >= 15 is 0 Å². The number of nitrogens with two attached hydrogens (primary N) is 1. The van der Waals surface area contributed by atoms with Gasteiger partial charge in [0.15, 0.2) is 0 Å². The van der Waals surface area contributed by atoms with E-state index in [1.807, 2.05) is 0 Å². The zero-order valence-corrected chi connectivity index (χ0v) is 9.77. The molecule has 0 amide bonds. The molecular weight excluding hydrogens is 223 g/mol. The van der Waals surface area contributed by atoms with E-state index in [0.29, 0.717) is 0 Å². The first-order valence-corrected chi connectivity index (χ1v) is 6.07. The second kappa shape index (κ2) is 4.93. The van der Waals surface area contributed by atoms with Gasteiger partial charge in [0.05, 0.1) is 12.6 Å². The molecule has 2 unspecified atom stereocenters. The molecule has 0 aromatic heterocycles. The predicted octanol–water partition coefficient (Wildman–Crippen LogP) is -0.954. The lowest BCUT2D eigenvalue weighted by atomic mass is 9.84. The normalized spacial score (nSPS) is 43.1. The van der Waals surface area contributed by atoms with Gasteiger partial charge in [0.25, 0.3) is 0 Å². The Labute approximate surface area is 89.5 Å². The van der Waals surface area contributed by atoms with Gasteiger partial charge in [-0.3, -0.25) is 4.57 Å². The summed E-state index contributed by atoms with van der Waals surface area (Å²) in [7, 11) is -1.42. The number of hydrogen-bond donors (Lipinski definition) is 2. The van der Waals surface area contributed by atoms with E-state index in [9.17, 15) is 8.96 Å². The van der Waals surface area contributed by atoms with Crippen molar-refractivity contribution in [3.8, 4) is 0 Å². The van der Waals surface area contributed by atoms with Gasteiger partial charge in [-0.25, -0.2) is 4.39 Å². The minimum absolute atomic E-state index is 0.0636. The highest BCUT2D eigenvalue weighted by Crippen LogP contribution is 2.38. The van der Waals surface area contributed by atoms with Crippen molar-refractivity contribution in [1.82, 2.24) is 0 Å². The first kappa shape index (κ1) is 13.1. The minimum atomic E-state index is -3.04. The van der Waals surface area contributed by atoms with Gasteiger partial charge < -0.3 is 19.9 Å². The van der Waals surface area contributed by atoms with E-state index in [4.69, 9.17) is 15.4 Å². The summed E-state index contributed by atoms with van der Waals surface area (Å²) in [6.07, 6.45) is -1.13. The Balaban J connectivity index is 2.72. The summed E-state index contributed by atoms with van der Waals surface area (Å²) in [6, 6.07) is -0.562. The first-order chi connectivity index (χ1) is 6.93. The fourth-order valence-electron chi connectivity index (χ4n) is 1.88. The Bertz CT molecular complexity index is 259. The van der Waals surface area contributed by atoms with E-state index in [2.05, 4.69) is 4.52 Å². The molecule has 5 nitrogen and oxygen atoms in total. The maximum absolute atomic E-state index is 13.5. The smallest absolute Gasteiger partial charge is 0.316 e. The van der Waals surface area contributed by atoms with Crippen LogP contribution < -0.4 is 5.73 Å². The van der Waals surface area contributed by atoms with Gasteiger partial charge in [-0.2, -0.15) is 0 Å². The largest absolute Gasteiger partial charge is 0.374 e. The molecule has 15 heavy (non-hydrogen) atoms. The molecule has 0 spiro atoms. The number of alkyl halides is 1. The monoisotopic (exact) mass is 239 g/mol. The van der Waals surface area contributed by atoms with E-state index in [0.717, 1.165) is 0 Å². The van der Waals surface area contributed by atoms with Crippen molar-refractivity contribution in [3.05, 3.63) is 0 Å². The van der Waals surface area contributed by atoms with Gasteiger partial charge in [-0.1, -0.05) is 6.92 Å². The lowest BCUT2D eigenvalue weighted by Crippen LogP contribution is -2.47. The van der Waals surface area contributed by atoms with Crippen molar-refractivity contribution in [1.29, 1.82) is 0 Å². The summed E-state index contributed by atoms with van der Waals surface area (Å²) in [4.78, 5) is 8.57. The van der Waals surface area contributed by atoms with Crippen molar-refractivity contribution in [2.24, 2.45) is 11.7 Å². The molecule has 0 saturated carbocycles. The van der Waals surface area contributed by atoms with E-state index < -0.39 is 31.9 Å². The summed E-state index contributed by atoms with van der Waals surface area (Å²) in [6.45, 7) is 1.58. The van der Waals surface area contributed by atoms with Crippen molar-refractivity contribution in [3.63, 3.8) is 0 Å². The Morgan fingerprint density at radius 1 is 1.80 bits per heavy atom. The van der Waals surface area contributed by atoms with Crippen LogP contribution in [0.15, 0.2) is 0 Å². The maximum atomic E-state index is 13.5. The minimum Gasteiger partial charge on any atom is -0.374 e. The van der Waals surface area contributed by atoms with Gasteiger partial charge in [-0.15, -0.1) is 0 Å². The molecule has 1 aliphatic rings. The zero-order chi connectivity index (χ0) is 11.6. The third kappa shape index (κ3) is 2.60. The number of ether oxygens (including phenoxy) is 1. The number of rotatable bonds is 4. The average molecular weight is 239 g/mol. The van der Waals surface area contributed by atoms with Crippen molar-refractivity contribution >= 4 is 16.1 Å². The Hall–Kier alpha value is 0.0649. The molecule has 1 heterocycles. The van der Waals surface area contributed by atoms with Gasteiger partial charge >= 0.3 is 8.25 Å². The topological polar surface area (TPSA) is 81.8 Å². The van der Waals surface area contributed by atoms with Crippen molar-refractivity contribution < 1.29 is 23.1 Å². The van der Waals surface area contributed by atoms with Crippen LogP contribution in [0.3, 0.4) is 0 Å². The van der Waals surface area contributed by atoms with E-state index in [-0.39, 0.29) is 13.2 Å². The number of halogens is 1. The third-order valence-electron chi connectivity index (χ3n) is 2.96. The molecule has 1 aliphatic heterocycles. The summed E-state index contributed by atoms with van der Waals surface area (Å²) >= 11 is 0. The molecular formula is C7H16BFNO4P. The van der Waals surface area contributed by atoms with Crippen LogP contribution in [0.2, 0.25) is 0 Å². The lowest BCUT2D eigenvalue weighted by Gasteiger charge is -2.30. The van der Waals surface area contributed by atoms with Crippen LogP contribution in [-0.4, -0.2) is 43.7 Å². The average Bonchev–Trinajstić information content (AvgIpc) is 2.41. The van der Waals surface area contributed by atoms with Crippen LogP contribution in [0.5, 0.6) is 0 Å². The summed E-state index contributed by atoms with van der Waals surface area (Å²) in [5, 5.41) is 0. The van der Waals surface area contributed by atoms with Crippen LogP contribution in [-0.2, 0) is 13.8 Å². The van der Waals surface area contributed by atoms with Crippen molar-refractivity contribution in [2.75, 3.05) is 13.2 Å². The molecule has 0 bridgehead atoms. The molecule has 8 heteroatoms. The van der Waals surface area contributed by atoms with Crippen LogP contribution >= 0.6 is 8.25 Å². The van der Waals surface area contributed by atoms with Gasteiger partial charge in [-0.05, 0) is 0 Å². The summed E-state index contributed by atoms with van der Waals surface area (Å²) in [5.41, 5.74) is 4.54. The lowest BCUT2D eigenvalue weighted by molar-refractivity contribution is -0.0549. The first-order valence-electron chi connectivity index (χ1n) is 4.80. The molecule has 0 aromatic carbocycles. The van der Waals surface area contributed by atoms with Crippen LogP contribution in [0, 0.1) is 5.92 Å². The fourth-order valence-corrected chi connectivity index (χ4v) is 2.25. The molecule has 88 valence electrons. The summed E-state index contributed by atoms with van der Waals surface area (Å²) < 4.78 is 34.0. The molecule has 3 N–H and O–H groups in total. The van der Waals surface area contributed by atoms with Crippen LogP contribution in [0.4, 0.5) is 4.39 Å². The molecule has 0 aromatic rings. The third-order valence-corrected chi connectivity index (χ3v) is 3.35. The highest BCUT2D eigenvalue weighted by molar-refractivity contribution is 7.32. The molecule has 0 radical (unpaired) electrons. The predicted molar refractivity (Wildman–Crippen MR) is 56.4 cm³/mol. The van der Waals surface area contributed by atoms with Gasteiger partial charge in [0, 0.05) is 12.5 Å². The van der Waals surface area contributed by atoms with Gasteiger partial charge in [0.2, 0.25) is 0 Å². The molecule has 1 rings (SSSR count). The molecule has 1 saturated heterocycles. The van der Waals surface area contributed by atoms with Crippen LogP contribution in [0.25, 0.3) is 0 Å². The van der Waals surface area contributed by atoms with Crippen LogP contribution in [0.1, 0.15) is 6.92 Å². The second-order valence-electron chi connectivity index (χ2n) is 3.88. The second-order valence-corrected chi connectivity index (χ2v) is 4.70. The van der Waals surface area contributed by atoms with Crippen molar-refractivity contribution in [2.45, 2.75) is 24.7 Å². The maximum Gasteiger partial charge on any atom is 0.316 e. The Morgan fingerprint density at radius 2 is 2.40 bits per heavy atom. The Kier molecular flexibility index (Phi) is 4.32. The summed E-state index contributed by atoms with van der Waals surface area (Å²) in [5.74, 6) is -0.446. The van der Waals surface area contributed by atoms with E-state index in [1.165, 1.54) is 0 Å². The quantitative estimate of drug-likeness (QED) is 0.488. The highest BCUT2D eigenvalue weighted by Gasteiger charge is 2.51. The van der Waals surface area contributed by atoms with E-state index in [1.54, 1.807) is 14.8 Å². The highest BCUT2D eigenvalue weighted by atomic mass is 31.1.